The van der Waals surface area contributed by atoms with Crippen LogP contribution in [0.3, 0.4) is 0 Å². The minimum absolute atomic E-state index is 0.105. The van der Waals surface area contributed by atoms with Crippen molar-refractivity contribution in [3.05, 3.63) is 46.5 Å². The fraction of sp³-hybridized carbons (Fsp3) is 0.350. The van der Waals surface area contributed by atoms with Crippen LogP contribution in [0, 0.1) is 0 Å². The Bertz CT molecular complexity index is 896. The molecule has 0 radical (unpaired) electrons. The Hall–Kier alpha value is -2.60. The number of hydrogen-bond donors (Lipinski definition) is 1. The molecular formula is C20H20ClNO5. The van der Waals surface area contributed by atoms with Gasteiger partial charge in [0, 0.05) is 17.5 Å². The quantitative estimate of drug-likeness (QED) is 0.791. The second-order valence-electron chi connectivity index (χ2n) is 7.08. The molecule has 142 valence electrons. The molecule has 0 saturated heterocycles. The molecule has 0 aromatic heterocycles. The monoisotopic (exact) mass is 389 g/mol. The van der Waals surface area contributed by atoms with Crippen LogP contribution in [0.15, 0.2) is 30.3 Å². The third-order valence-corrected chi connectivity index (χ3v) is 4.67. The van der Waals surface area contributed by atoms with E-state index in [-0.39, 0.29) is 18.3 Å². The summed E-state index contributed by atoms with van der Waals surface area (Å²) in [7, 11) is 0. The van der Waals surface area contributed by atoms with Crippen molar-refractivity contribution in [1.29, 1.82) is 0 Å². The zero-order valence-corrected chi connectivity index (χ0v) is 15.9. The van der Waals surface area contributed by atoms with E-state index in [0.29, 0.717) is 41.0 Å². The molecule has 0 bridgehead atoms. The molecule has 0 fully saturated rings. The Morgan fingerprint density at radius 3 is 2.96 bits per heavy atom. The lowest BCUT2D eigenvalue weighted by molar-refractivity contribution is 0.0945. The Kier molecular flexibility index (Phi) is 4.52. The fourth-order valence-corrected chi connectivity index (χ4v) is 3.49. The topological polar surface area (TPSA) is 66.0 Å². The molecule has 1 N–H and O–H groups in total. The summed E-state index contributed by atoms with van der Waals surface area (Å²) in [6.07, 6.45) is 0.848. The molecule has 2 aliphatic rings. The normalized spacial score (nSPS) is 15.8. The molecule has 2 heterocycles. The maximum absolute atomic E-state index is 12.3. The molecule has 0 aliphatic carbocycles. The van der Waals surface area contributed by atoms with Crippen molar-refractivity contribution in [2.75, 3.05) is 19.9 Å². The van der Waals surface area contributed by atoms with E-state index in [4.69, 9.17) is 30.5 Å². The fourth-order valence-electron chi connectivity index (χ4n) is 3.23. The van der Waals surface area contributed by atoms with Gasteiger partial charge in [-0.15, -0.1) is 0 Å². The van der Waals surface area contributed by atoms with Crippen LogP contribution in [0.4, 0.5) is 0 Å². The number of benzene rings is 2. The van der Waals surface area contributed by atoms with E-state index in [1.54, 1.807) is 12.1 Å². The second kappa shape index (κ2) is 6.85. The van der Waals surface area contributed by atoms with Gasteiger partial charge in [0.05, 0.1) is 11.6 Å². The van der Waals surface area contributed by atoms with Gasteiger partial charge in [-0.3, -0.25) is 4.79 Å². The average Bonchev–Trinajstić information content (AvgIpc) is 3.21. The van der Waals surface area contributed by atoms with Crippen molar-refractivity contribution < 1.29 is 23.7 Å². The number of para-hydroxylation sites is 1. The van der Waals surface area contributed by atoms with E-state index in [1.165, 1.54) is 0 Å². The van der Waals surface area contributed by atoms with Crippen LogP contribution >= 0.6 is 11.6 Å². The summed E-state index contributed by atoms with van der Waals surface area (Å²) < 4.78 is 22.3. The lowest BCUT2D eigenvalue weighted by Gasteiger charge is -2.18. The van der Waals surface area contributed by atoms with Crippen LogP contribution in [0.1, 0.15) is 29.8 Å². The first-order valence-electron chi connectivity index (χ1n) is 8.74. The van der Waals surface area contributed by atoms with Crippen molar-refractivity contribution >= 4 is 17.5 Å². The molecule has 1 amide bonds. The molecular weight excluding hydrogens is 370 g/mol. The molecule has 7 heteroatoms. The molecule has 0 atom stereocenters. The van der Waals surface area contributed by atoms with E-state index in [0.717, 1.165) is 17.7 Å². The summed E-state index contributed by atoms with van der Waals surface area (Å²) >= 11 is 6.11. The summed E-state index contributed by atoms with van der Waals surface area (Å²) in [6.45, 7) is 4.87. The third-order valence-electron chi connectivity index (χ3n) is 4.39. The van der Waals surface area contributed by atoms with Crippen molar-refractivity contribution in [2.24, 2.45) is 0 Å². The van der Waals surface area contributed by atoms with Crippen LogP contribution in [0.5, 0.6) is 23.0 Å². The van der Waals surface area contributed by atoms with E-state index < -0.39 is 0 Å². The smallest absolute Gasteiger partial charge is 0.251 e. The lowest BCUT2D eigenvalue weighted by Crippen LogP contribution is -2.28. The Balaban J connectivity index is 1.33. The van der Waals surface area contributed by atoms with Gasteiger partial charge >= 0.3 is 0 Å². The Labute approximate surface area is 162 Å². The van der Waals surface area contributed by atoms with Crippen molar-refractivity contribution in [1.82, 2.24) is 5.32 Å². The highest BCUT2D eigenvalue weighted by Gasteiger charge is 2.32. The number of carbonyl (C=O) groups is 1. The number of amides is 1. The van der Waals surface area contributed by atoms with Gasteiger partial charge in [0.25, 0.3) is 5.91 Å². The largest absolute Gasteiger partial charge is 0.488 e. The highest BCUT2D eigenvalue weighted by molar-refractivity contribution is 6.32. The third kappa shape index (κ3) is 3.62. The summed E-state index contributed by atoms with van der Waals surface area (Å²) in [5, 5.41) is 3.16. The zero-order chi connectivity index (χ0) is 19.0. The first-order valence-corrected chi connectivity index (χ1v) is 9.12. The first kappa shape index (κ1) is 17.8. The van der Waals surface area contributed by atoms with Gasteiger partial charge in [-0.2, -0.15) is 0 Å². The summed E-state index contributed by atoms with van der Waals surface area (Å²) in [6, 6.07) is 9.05. The zero-order valence-electron chi connectivity index (χ0n) is 15.1. The minimum atomic E-state index is -0.255. The van der Waals surface area contributed by atoms with Gasteiger partial charge in [-0.25, -0.2) is 0 Å². The second-order valence-corrected chi connectivity index (χ2v) is 7.49. The standard InChI is InChI=1S/C20H20ClNO5/c1-20(2)10-12-4-3-5-15(17(12)27-20)24-7-6-22-19(23)13-8-14(21)18-16(9-13)25-11-26-18/h3-5,8-9H,6-7,10-11H2,1-2H3,(H,22,23). The molecule has 0 spiro atoms. The van der Waals surface area contributed by atoms with Crippen LogP contribution in [0.2, 0.25) is 5.02 Å². The molecule has 2 aromatic rings. The number of hydrogen-bond acceptors (Lipinski definition) is 5. The van der Waals surface area contributed by atoms with E-state index in [1.807, 2.05) is 32.0 Å². The molecule has 4 rings (SSSR count). The van der Waals surface area contributed by atoms with Gasteiger partial charge in [0.1, 0.15) is 12.2 Å². The van der Waals surface area contributed by atoms with Gasteiger partial charge in [0.15, 0.2) is 23.0 Å². The number of nitrogens with one attached hydrogen (secondary N) is 1. The summed E-state index contributed by atoms with van der Waals surface area (Å²) in [5.41, 5.74) is 1.32. The number of rotatable bonds is 5. The summed E-state index contributed by atoms with van der Waals surface area (Å²) in [4.78, 5) is 12.3. The lowest BCUT2D eigenvalue weighted by atomic mass is 10.0. The SMILES string of the molecule is CC1(C)Cc2cccc(OCCNC(=O)c3cc(Cl)c4c(c3)OCO4)c2O1. The molecule has 2 aliphatic heterocycles. The molecule has 0 saturated carbocycles. The van der Waals surface area contributed by atoms with Crippen molar-refractivity contribution in [2.45, 2.75) is 25.9 Å². The minimum Gasteiger partial charge on any atom is -0.488 e. The number of carbonyl (C=O) groups excluding carboxylic acids is 1. The Morgan fingerprint density at radius 2 is 2.11 bits per heavy atom. The molecule has 0 unspecified atom stereocenters. The predicted molar refractivity (Wildman–Crippen MR) is 100 cm³/mol. The molecule has 6 nitrogen and oxygen atoms in total. The van der Waals surface area contributed by atoms with Crippen LogP contribution < -0.4 is 24.3 Å². The van der Waals surface area contributed by atoms with E-state index in [2.05, 4.69) is 5.32 Å². The maximum atomic E-state index is 12.3. The number of halogens is 1. The predicted octanol–water partition coefficient (Wildman–Crippen LogP) is 3.59. The van der Waals surface area contributed by atoms with Crippen LogP contribution in [-0.2, 0) is 6.42 Å². The van der Waals surface area contributed by atoms with Gasteiger partial charge in [-0.05, 0) is 32.0 Å². The van der Waals surface area contributed by atoms with E-state index >= 15 is 0 Å². The maximum Gasteiger partial charge on any atom is 0.251 e. The van der Waals surface area contributed by atoms with Crippen LogP contribution in [-0.4, -0.2) is 31.5 Å². The Morgan fingerprint density at radius 1 is 1.26 bits per heavy atom. The van der Waals surface area contributed by atoms with Gasteiger partial charge < -0.3 is 24.3 Å². The van der Waals surface area contributed by atoms with Crippen LogP contribution in [0.25, 0.3) is 0 Å². The average molecular weight is 390 g/mol. The first-order chi connectivity index (χ1) is 12.9. The van der Waals surface area contributed by atoms with Crippen molar-refractivity contribution in [3.8, 4) is 23.0 Å². The molecule has 27 heavy (non-hydrogen) atoms. The van der Waals surface area contributed by atoms with Gasteiger partial charge in [0.2, 0.25) is 6.79 Å². The number of ether oxygens (including phenoxy) is 4. The van der Waals surface area contributed by atoms with Gasteiger partial charge in [-0.1, -0.05) is 23.7 Å². The summed E-state index contributed by atoms with van der Waals surface area (Å²) in [5.74, 6) is 2.17. The molecule has 2 aromatic carbocycles. The highest BCUT2D eigenvalue weighted by atomic mass is 35.5. The highest BCUT2D eigenvalue weighted by Crippen LogP contribution is 2.42. The van der Waals surface area contributed by atoms with Crippen molar-refractivity contribution in [3.63, 3.8) is 0 Å². The number of fused-ring (bicyclic) bond motifs is 2. The van der Waals surface area contributed by atoms with E-state index in [9.17, 15) is 4.79 Å².